The van der Waals surface area contributed by atoms with Crippen LogP contribution in [0, 0.1) is 0 Å². The maximum atomic E-state index is 13.6. The number of rotatable bonds is 5. The van der Waals surface area contributed by atoms with E-state index >= 15 is 0 Å². The van der Waals surface area contributed by atoms with Gasteiger partial charge in [-0.25, -0.2) is 13.8 Å². The number of halogens is 2. The van der Waals surface area contributed by atoms with E-state index in [1.54, 1.807) is 36.4 Å². The topological polar surface area (TPSA) is 96.0 Å². The van der Waals surface area contributed by atoms with Gasteiger partial charge in [0.25, 0.3) is 12.3 Å². The van der Waals surface area contributed by atoms with Gasteiger partial charge >= 0.3 is 0 Å². The molecule has 3 heterocycles. The van der Waals surface area contributed by atoms with Gasteiger partial charge in [-0.2, -0.15) is 5.10 Å². The molecule has 0 radical (unpaired) electrons. The van der Waals surface area contributed by atoms with E-state index in [4.69, 9.17) is 4.74 Å². The van der Waals surface area contributed by atoms with Crippen LogP contribution >= 0.6 is 0 Å². The van der Waals surface area contributed by atoms with Crippen molar-refractivity contribution >= 4 is 28.4 Å². The lowest BCUT2D eigenvalue weighted by molar-refractivity contribution is 0.102. The number of nitrogens with one attached hydrogen (secondary N) is 2. The van der Waals surface area contributed by atoms with Gasteiger partial charge in [0.2, 0.25) is 0 Å². The number of hydrogen-bond donors (Lipinski definition) is 2. The molecule has 0 bridgehead atoms. The van der Waals surface area contributed by atoms with E-state index < -0.39 is 12.3 Å². The smallest absolute Gasteiger partial charge is 0.264 e. The molecule has 5 rings (SSSR count). The highest BCUT2D eigenvalue weighted by molar-refractivity contribution is 6.12. The maximum Gasteiger partial charge on any atom is 0.264 e. The summed E-state index contributed by atoms with van der Waals surface area (Å²) in [4.78, 5) is 23.0. The molecule has 0 aliphatic carbocycles. The van der Waals surface area contributed by atoms with Gasteiger partial charge in [-0.1, -0.05) is 24.3 Å². The highest BCUT2D eigenvalue weighted by Gasteiger charge is 2.22. The fourth-order valence-corrected chi connectivity index (χ4v) is 3.86. The highest BCUT2D eigenvalue weighted by atomic mass is 19.3. The first-order valence-corrected chi connectivity index (χ1v) is 10.4. The molecule has 2 aromatic carbocycles. The molecule has 33 heavy (non-hydrogen) atoms. The normalized spacial score (nSPS) is 14.1. The Bertz CT molecular complexity index is 1290. The number of imidazole rings is 1. The summed E-state index contributed by atoms with van der Waals surface area (Å²) in [6.45, 7) is 2.50. The van der Waals surface area contributed by atoms with Crippen molar-refractivity contribution in [2.75, 3.05) is 36.5 Å². The molecule has 1 amide bonds. The van der Waals surface area contributed by atoms with Gasteiger partial charge in [-0.3, -0.25) is 4.79 Å². The minimum Gasteiger partial charge on any atom is -0.378 e. The fourth-order valence-electron chi connectivity index (χ4n) is 3.86. The van der Waals surface area contributed by atoms with Crippen molar-refractivity contribution in [3.8, 4) is 11.4 Å². The van der Waals surface area contributed by atoms with Crippen LogP contribution in [-0.4, -0.2) is 52.4 Å². The van der Waals surface area contributed by atoms with E-state index in [1.165, 1.54) is 12.3 Å². The number of aromatic amines is 1. The van der Waals surface area contributed by atoms with Crippen molar-refractivity contribution < 1.29 is 18.3 Å². The number of alkyl halides is 2. The number of nitrogens with zero attached hydrogens (tertiary/aromatic N) is 4. The van der Waals surface area contributed by atoms with Crippen LogP contribution in [-0.2, 0) is 4.74 Å². The molecule has 0 spiro atoms. The van der Waals surface area contributed by atoms with Gasteiger partial charge in [0, 0.05) is 36.1 Å². The van der Waals surface area contributed by atoms with E-state index in [9.17, 15) is 13.6 Å². The van der Waals surface area contributed by atoms with Crippen LogP contribution in [0.2, 0.25) is 0 Å². The zero-order chi connectivity index (χ0) is 22.8. The molecule has 0 saturated carbocycles. The van der Waals surface area contributed by atoms with E-state index in [0.717, 1.165) is 5.69 Å². The number of fused-ring (bicyclic) bond motifs is 1. The first kappa shape index (κ1) is 21.0. The molecular weight excluding hydrogens is 430 g/mol. The first-order chi connectivity index (χ1) is 16.1. The molecule has 168 valence electrons. The molecule has 1 aliphatic heterocycles. The first-order valence-electron chi connectivity index (χ1n) is 10.4. The summed E-state index contributed by atoms with van der Waals surface area (Å²) in [5, 5.41) is 10.4. The second kappa shape index (κ2) is 8.91. The minimum absolute atomic E-state index is 0.129. The third-order valence-corrected chi connectivity index (χ3v) is 5.46. The number of aromatic nitrogens is 4. The van der Waals surface area contributed by atoms with Crippen LogP contribution in [0.4, 0.5) is 20.3 Å². The van der Waals surface area contributed by atoms with Crippen molar-refractivity contribution in [2.45, 2.75) is 6.43 Å². The number of H-pyrrole nitrogens is 1. The molecule has 0 atom stereocenters. The predicted molar refractivity (Wildman–Crippen MR) is 120 cm³/mol. The summed E-state index contributed by atoms with van der Waals surface area (Å²) >= 11 is 0. The summed E-state index contributed by atoms with van der Waals surface area (Å²) < 4.78 is 32.6. The monoisotopic (exact) mass is 450 g/mol. The van der Waals surface area contributed by atoms with Crippen molar-refractivity contribution in [1.82, 2.24) is 20.2 Å². The van der Waals surface area contributed by atoms with Crippen LogP contribution < -0.4 is 10.2 Å². The lowest BCUT2D eigenvalue weighted by Crippen LogP contribution is -2.36. The maximum absolute atomic E-state index is 13.6. The van der Waals surface area contributed by atoms with E-state index in [1.807, 2.05) is 6.07 Å². The van der Waals surface area contributed by atoms with Crippen LogP contribution in [0.25, 0.3) is 22.4 Å². The largest absolute Gasteiger partial charge is 0.378 e. The Labute approximate surface area is 187 Å². The molecule has 0 unspecified atom stereocenters. The van der Waals surface area contributed by atoms with Gasteiger partial charge in [-0.05, 0) is 24.3 Å². The number of carbonyl (C=O) groups excluding carboxylic acids is 1. The summed E-state index contributed by atoms with van der Waals surface area (Å²) in [7, 11) is 0. The number of morpholine rings is 1. The minimum atomic E-state index is -2.65. The Hall–Kier alpha value is -3.92. The summed E-state index contributed by atoms with van der Waals surface area (Å²) in [5.74, 6) is 0.149. The molecule has 1 aliphatic rings. The van der Waals surface area contributed by atoms with Gasteiger partial charge in [0.1, 0.15) is 11.3 Å². The molecule has 2 aromatic heterocycles. The SMILES string of the molecule is O=C(Nc1cccnn1)c1cc(N2CCOCC2)cc2[nH]c(-c3ccccc3C(F)F)nc12. The summed E-state index contributed by atoms with van der Waals surface area (Å²) in [5.41, 5.74) is 2.23. The van der Waals surface area contributed by atoms with Crippen LogP contribution in [0.3, 0.4) is 0 Å². The Kier molecular flexibility index (Phi) is 5.66. The second-order valence-corrected chi connectivity index (χ2v) is 7.53. The van der Waals surface area contributed by atoms with E-state index in [2.05, 4.69) is 30.4 Å². The highest BCUT2D eigenvalue weighted by Crippen LogP contribution is 2.33. The van der Waals surface area contributed by atoms with Crippen LogP contribution in [0.5, 0.6) is 0 Å². The van der Waals surface area contributed by atoms with Crippen LogP contribution in [0.1, 0.15) is 22.3 Å². The van der Waals surface area contributed by atoms with E-state index in [0.29, 0.717) is 48.7 Å². The van der Waals surface area contributed by atoms with Crippen molar-refractivity contribution in [3.63, 3.8) is 0 Å². The Morgan fingerprint density at radius 3 is 2.70 bits per heavy atom. The third-order valence-electron chi connectivity index (χ3n) is 5.46. The quantitative estimate of drug-likeness (QED) is 0.476. The molecule has 2 N–H and O–H groups in total. The lowest BCUT2D eigenvalue weighted by atomic mass is 10.1. The zero-order valence-electron chi connectivity index (χ0n) is 17.5. The Morgan fingerprint density at radius 1 is 1.12 bits per heavy atom. The van der Waals surface area contributed by atoms with Gasteiger partial charge in [0.15, 0.2) is 5.82 Å². The molecule has 4 aromatic rings. The van der Waals surface area contributed by atoms with Gasteiger partial charge in [0.05, 0.1) is 24.3 Å². The third kappa shape index (κ3) is 4.24. The Balaban J connectivity index is 1.62. The zero-order valence-corrected chi connectivity index (χ0v) is 17.5. The number of carbonyl (C=O) groups is 1. The van der Waals surface area contributed by atoms with Crippen molar-refractivity contribution in [1.29, 1.82) is 0 Å². The molecule has 1 saturated heterocycles. The summed E-state index contributed by atoms with van der Waals surface area (Å²) in [6.07, 6.45) is -1.15. The fraction of sp³-hybridized carbons (Fsp3) is 0.217. The molecule has 1 fully saturated rings. The van der Waals surface area contributed by atoms with Gasteiger partial charge < -0.3 is 19.9 Å². The number of amides is 1. The standard InChI is InChI=1S/C23H20F2N6O2/c24-21(25)15-4-1-2-5-16(15)22-27-18-13-14(31-8-10-33-11-9-31)12-17(20(18)29-22)23(32)28-19-6-3-7-26-30-19/h1-7,12-13,21H,8-11H2,(H,27,29)(H,28,30,32). The predicted octanol–water partition coefficient (Wildman–Crippen LogP) is 4.05. The van der Waals surface area contributed by atoms with Crippen molar-refractivity contribution in [2.24, 2.45) is 0 Å². The number of hydrogen-bond acceptors (Lipinski definition) is 6. The molecule has 10 heteroatoms. The average Bonchev–Trinajstić information content (AvgIpc) is 3.28. The average molecular weight is 450 g/mol. The lowest BCUT2D eigenvalue weighted by Gasteiger charge is -2.29. The molecular formula is C23H20F2N6O2. The van der Waals surface area contributed by atoms with Crippen LogP contribution in [0.15, 0.2) is 54.7 Å². The number of benzene rings is 2. The van der Waals surface area contributed by atoms with Gasteiger partial charge in [-0.15, -0.1) is 5.10 Å². The number of ether oxygens (including phenoxy) is 1. The second-order valence-electron chi connectivity index (χ2n) is 7.53. The summed E-state index contributed by atoms with van der Waals surface area (Å²) in [6, 6.07) is 13.1. The van der Waals surface area contributed by atoms with Crippen molar-refractivity contribution in [3.05, 3.63) is 65.9 Å². The van der Waals surface area contributed by atoms with E-state index in [-0.39, 0.29) is 17.0 Å². The number of anilines is 2. The Morgan fingerprint density at radius 2 is 1.94 bits per heavy atom. The molecule has 8 nitrogen and oxygen atoms in total.